The van der Waals surface area contributed by atoms with E-state index >= 15 is 0 Å². The van der Waals surface area contributed by atoms with Crippen LogP contribution in [0, 0.1) is 0 Å². The second-order valence-electron chi connectivity index (χ2n) is 5.30. The minimum Gasteiger partial charge on any atom is -0.557 e. The Morgan fingerprint density at radius 1 is 1.40 bits per heavy atom. The maximum absolute atomic E-state index is 10.1. The molecule has 2 aliphatic rings. The smallest absolute Gasteiger partial charge is 0.401 e. The highest BCUT2D eigenvalue weighted by molar-refractivity contribution is 6.38. The highest BCUT2D eigenvalue weighted by Crippen LogP contribution is 2.38. The van der Waals surface area contributed by atoms with E-state index in [4.69, 9.17) is 4.65 Å². The fourth-order valence-electron chi connectivity index (χ4n) is 3.16. The normalized spacial score (nSPS) is 18.6. The standard InChI is InChI=1S/C14H15BN3O2/c19-18-8-11(9-2-5-16-6-3-9)13-10-1-4-15-20-12(10)7-17-14(13)18/h1,4,7-9,16,19H,2-3,5-6H2. The van der Waals surface area contributed by atoms with Gasteiger partial charge in [0.25, 0.3) is 0 Å². The fraction of sp³-hybridized carbons (Fsp3) is 0.357. The van der Waals surface area contributed by atoms with Crippen LogP contribution in [0.25, 0.3) is 17.1 Å². The van der Waals surface area contributed by atoms with Gasteiger partial charge in [-0.3, -0.25) is 0 Å². The zero-order valence-corrected chi connectivity index (χ0v) is 11.0. The van der Waals surface area contributed by atoms with Crippen LogP contribution in [0.3, 0.4) is 0 Å². The average molecular weight is 268 g/mol. The summed E-state index contributed by atoms with van der Waals surface area (Å²) in [7, 11) is 1.65. The van der Waals surface area contributed by atoms with Crippen molar-refractivity contribution in [1.82, 2.24) is 15.0 Å². The summed E-state index contributed by atoms with van der Waals surface area (Å²) in [6.07, 6.45) is 7.66. The summed E-state index contributed by atoms with van der Waals surface area (Å²) in [6, 6.07) is 0. The van der Waals surface area contributed by atoms with E-state index in [1.54, 1.807) is 19.9 Å². The lowest BCUT2D eigenvalue weighted by molar-refractivity contribution is 0.197. The lowest BCUT2D eigenvalue weighted by Gasteiger charge is -2.23. The molecule has 0 atom stereocenters. The molecular formula is C14H15BN3O2. The van der Waals surface area contributed by atoms with Crippen molar-refractivity contribution >= 4 is 24.6 Å². The first-order valence-corrected chi connectivity index (χ1v) is 6.95. The summed E-state index contributed by atoms with van der Waals surface area (Å²) in [5.74, 6) is 3.09. The van der Waals surface area contributed by atoms with E-state index in [1.165, 1.54) is 5.56 Å². The molecule has 1 radical (unpaired) electrons. The van der Waals surface area contributed by atoms with Crippen molar-refractivity contribution in [2.24, 2.45) is 0 Å². The Morgan fingerprint density at radius 2 is 2.25 bits per heavy atom. The molecule has 20 heavy (non-hydrogen) atoms. The predicted molar refractivity (Wildman–Crippen MR) is 77.2 cm³/mol. The molecular weight excluding hydrogens is 253 g/mol. The Morgan fingerprint density at radius 3 is 3.10 bits per heavy atom. The largest absolute Gasteiger partial charge is 0.557 e. The molecule has 6 heteroatoms. The molecule has 0 aromatic carbocycles. The van der Waals surface area contributed by atoms with Crippen molar-refractivity contribution in [3.8, 4) is 5.75 Å². The Labute approximate surface area is 117 Å². The van der Waals surface area contributed by atoms with Crippen LogP contribution in [0.1, 0.15) is 29.9 Å². The number of aromatic nitrogens is 2. The molecule has 0 spiro atoms. The highest BCUT2D eigenvalue weighted by atomic mass is 16.5. The monoisotopic (exact) mass is 268 g/mol. The molecule has 101 valence electrons. The second-order valence-corrected chi connectivity index (χ2v) is 5.30. The van der Waals surface area contributed by atoms with E-state index in [2.05, 4.69) is 10.3 Å². The summed E-state index contributed by atoms with van der Waals surface area (Å²) in [5, 5.41) is 14.5. The molecule has 4 rings (SSSR count). The van der Waals surface area contributed by atoms with Gasteiger partial charge in [-0.2, -0.15) is 4.73 Å². The van der Waals surface area contributed by atoms with Gasteiger partial charge in [-0.05, 0) is 37.4 Å². The molecule has 2 aromatic heterocycles. The molecule has 0 aliphatic carbocycles. The van der Waals surface area contributed by atoms with Crippen molar-refractivity contribution < 1.29 is 9.86 Å². The van der Waals surface area contributed by atoms with Crippen molar-refractivity contribution in [3.05, 3.63) is 29.5 Å². The van der Waals surface area contributed by atoms with Gasteiger partial charge in [0.15, 0.2) is 5.65 Å². The highest BCUT2D eigenvalue weighted by Gasteiger charge is 2.24. The Balaban J connectivity index is 1.94. The SMILES string of the molecule is On1cc(C2CCNCC2)c2c3c(cnc21)O[B]C=C3. The van der Waals surface area contributed by atoms with E-state index < -0.39 is 0 Å². The van der Waals surface area contributed by atoms with Gasteiger partial charge in [-0.25, -0.2) is 4.98 Å². The third kappa shape index (κ3) is 1.72. The first kappa shape index (κ1) is 11.8. The lowest BCUT2D eigenvalue weighted by atomic mass is 9.87. The molecule has 4 heterocycles. The van der Waals surface area contributed by atoms with Crippen molar-refractivity contribution in [2.75, 3.05) is 13.1 Å². The Hall–Kier alpha value is -1.95. The molecule has 1 fully saturated rings. The molecule has 0 unspecified atom stereocenters. The predicted octanol–water partition coefficient (Wildman–Crippen LogP) is 1.72. The van der Waals surface area contributed by atoms with Gasteiger partial charge in [0, 0.05) is 17.1 Å². The summed E-state index contributed by atoms with van der Waals surface area (Å²) < 4.78 is 6.64. The minimum atomic E-state index is 0.458. The van der Waals surface area contributed by atoms with Gasteiger partial charge in [0.1, 0.15) is 5.75 Å². The number of nitrogens with zero attached hydrogens (tertiary/aromatic N) is 2. The van der Waals surface area contributed by atoms with Crippen LogP contribution >= 0.6 is 0 Å². The van der Waals surface area contributed by atoms with Crippen LogP contribution in [0.5, 0.6) is 5.75 Å². The van der Waals surface area contributed by atoms with Crippen LogP contribution < -0.4 is 9.97 Å². The third-order valence-corrected chi connectivity index (χ3v) is 4.14. The van der Waals surface area contributed by atoms with Gasteiger partial charge in [-0.15, -0.1) is 0 Å². The van der Waals surface area contributed by atoms with Crippen molar-refractivity contribution in [2.45, 2.75) is 18.8 Å². The van der Waals surface area contributed by atoms with Crippen LogP contribution in [0.2, 0.25) is 0 Å². The van der Waals surface area contributed by atoms with Gasteiger partial charge < -0.3 is 15.2 Å². The van der Waals surface area contributed by atoms with Gasteiger partial charge >= 0.3 is 7.48 Å². The van der Waals surface area contributed by atoms with E-state index in [9.17, 15) is 5.21 Å². The maximum Gasteiger partial charge on any atom is 0.401 e. The number of piperidine rings is 1. The van der Waals surface area contributed by atoms with Crippen LogP contribution in [-0.4, -0.2) is 35.5 Å². The first-order chi connectivity index (χ1) is 9.84. The average Bonchev–Trinajstić information content (AvgIpc) is 2.86. The van der Waals surface area contributed by atoms with Crippen LogP contribution in [0.4, 0.5) is 0 Å². The third-order valence-electron chi connectivity index (χ3n) is 4.14. The number of hydrogen-bond acceptors (Lipinski definition) is 4. The molecule has 0 saturated carbocycles. The van der Waals surface area contributed by atoms with Crippen molar-refractivity contribution in [3.63, 3.8) is 0 Å². The number of nitrogens with one attached hydrogen (secondary N) is 1. The zero-order valence-electron chi connectivity index (χ0n) is 11.0. The molecule has 5 nitrogen and oxygen atoms in total. The summed E-state index contributed by atoms with van der Waals surface area (Å²) >= 11 is 0. The Kier molecular flexibility index (Phi) is 2.70. The minimum absolute atomic E-state index is 0.458. The quantitative estimate of drug-likeness (QED) is 0.610. The van der Waals surface area contributed by atoms with Gasteiger partial charge in [-0.1, -0.05) is 12.1 Å². The maximum atomic E-state index is 10.1. The number of fused-ring (bicyclic) bond motifs is 3. The van der Waals surface area contributed by atoms with E-state index in [0.29, 0.717) is 11.6 Å². The molecule has 1 saturated heterocycles. The van der Waals surface area contributed by atoms with Gasteiger partial charge in [0.2, 0.25) is 0 Å². The molecule has 2 aliphatic heterocycles. The zero-order chi connectivity index (χ0) is 13.5. The van der Waals surface area contributed by atoms with E-state index in [0.717, 1.165) is 47.4 Å². The second kappa shape index (κ2) is 4.56. The summed E-state index contributed by atoms with van der Waals surface area (Å²) in [4.78, 5) is 4.33. The Bertz CT molecular complexity index is 689. The molecule has 2 N–H and O–H groups in total. The summed E-state index contributed by atoms with van der Waals surface area (Å²) in [6.45, 7) is 2.04. The topological polar surface area (TPSA) is 59.3 Å². The number of pyridine rings is 1. The van der Waals surface area contributed by atoms with E-state index in [-0.39, 0.29) is 0 Å². The summed E-state index contributed by atoms with van der Waals surface area (Å²) in [5.41, 5.74) is 2.79. The molecule has 0 amide bonds. The van der Waals surface area contributed by atoms with E-state index in [1.807, 2.05) is 12.1 Å². The number of rotatable bonds is 1. The fourth-order valence-corrected chi connectivity index (χ4v) is 3.16. The van der Waals surface area contributed by atoms with Crippen LogP contribution in [-0.2, 0) is 0 Å². The molecule has 0 bridgehead atoms. The lowest BCUT2D eigenvalue weighted by Crippen LogP contribution is -2.26. The van der Waals surface area contributed by atoms with Crippen molar-refractivity contribution in [1.29, 1.82) is 0 Å². The first-order valence-electron chi connectivity index (χ1n) is 6.95. The van der Waals surface area contributed by atoms with Gasteiger partial charge in [0.05, 0.1) is 6.20 Å². The molecule has 2 aromatic rings. The van der Waals surface area contributed by atoms with Crippen LogP contribution in [0.15, 0.2) is 18.4 Å². The number of hydrogen-bond donors (Lipinski definition) is 2.